The summed E-state index contributed by atoms with van der Waals surface area (Å²) in [6.45, 7) is 3.58. The van der Waals surface area contributed by atoms with E-state index in [4.69, 9.17) is 4.74 Å². The fraction of sp³-hybridized carbons (Fsp3) is 0.333. The maximum Gasteiger partial charge on any atom is 0.180 e. The number of ether oxygens (including phenoxy) is 1. The lowest BCUT2D eigenvalue weighted by atomic mass is 10.0. The van der Waals surface area contributed by atoms with Gasteiger partial charge < -0.3 is 4.74 Å². The number of hydrogen-bond donors (Lipinski definition) is 0. The van der Waals surface area contributed by atoms with Gasteiger partial charge in [-0.2, -0.15) is 0 Å². The zero-order valence-electron chi connectivity index (χ0n) is 9.04. The summed E-state index contributed by atoms with van der Waals surface area (Å²) in [6.07, 6.45) is -0.630. The van der Waals surface area contributed by atoms with E-state index in [0.717, 1.165) is 10.0 Å². The van der Waals surface area contributed by atoms with Gasteiger partial charge in [0.15, 0.2) is 17.7 Å². The fourth-order valence-electron chi connectivity index (χ4n) is 1.62. The molecule has 1 aromatic rings. The smallest absolute Gasteiger partial charge is 0.180 e. The van der Waals surface area contributed by atoms with Gasteiger partial charge in [0.05, 0.1) is 12.0 Å². The van der Waals surface area contributed by atoms with Crippen LogP contribution in [0, 0.1) is 6.92 Å². The number of benzene rings is 1. The van der Waals surface area contributed by atoms with Crippen LogP contribution in [0.5, 0.6) is 5.75 Å². The van der Waals surface area contributed by atoms with E-state index >= 15 is 0 Å². The minimum atomic E-state index is -0.550. The molecule has 0 amide bonds. The van der Waals surface area contributed by atoms with Crippen molar-refractivity contribution in [1.82, 2.24) is 0 Å². The van der Waals surface area contributed by atoms with E-state index in [2.05, 4.69) is 15.9 Å². The van der Waals surface area contributed by atoms with E-state index in [1.54, 1.807) is 19.1 Å². The summed E-state index contributed by atoms with van der Waals surface area (Å²) < 4.78 is 6.34. The van der Waals surface area contributed by atoms with E-state index in [1.165, 1.54) is 0 Å². The van der Waals surface area contributed by atoms with Gasteiger partial charge in [-0.1, -0.05) is 15.9 Å². The van der Waals surface area contributed by atoms with Gasteiger partial charge in [-0.3, -0.25) is 9.59 Å². The van der Waals surface area contributed by atoms with E-state index in [1.807, 2.05) is 6.92 Å². The molecule has 2 rings (SSSR count). The van der Waals surface area contributed by atoms with Crippen LogP contribution in [0.1, 0.15) is 29.3 Å². The summed E-state index contributed by atoms with van der Waals surface area (Å²) in [5.41, 5.74) is 1.46. The number of carbonyl (C=O) groups is 2. The van der Waals surface area contributed by atoms with Crippen LogP contribution in [-0.2, 0) is 4.79 Å². The molecule has 0 bridgehead atoms. The second-order valence-corrected chi connectivity index (χ2v) is 4.78. The molecule has 0 aromatic heterocycles. The molecule has 0 radical (unpaired) electrons. The van der Waals surface area contributed by atoms with Gasteiger partial charge in [-0.05, 0) is 31.5 Å². The van der Waals surface area contributed by atoms with Gasteiger partial charge >= 0.3 is 0 Å². The Hall–Kier alpha value is -1.16. The lowest BCUT2D eigenvalue weighted by molar-refractivity contribution is -0.123. The van der Waals surface area contributed by atoms with Crippen LogP contribution >= 0.6 is 15.9 Å². The topological polar surface area (TPSA) is 43.4 Å². The van der Waals surface area contributed by atoms with Crippen molar-refractivity contribution in [2.75, 3.05) is 0 Å². The number of hydrogen-bond acceptors (Lipinski definition) is 3. The van der Waals surface area contributed by atoms with Crippen molar-refractivity contribution < 1.29 is 14.3 Å². The average molecular weight is 283 g/mol. The molecule has 0 saturated heterocycles. The highest BCUT2D eigenvalue weighted by Gasteiger charge is 2.27. The number of ketones is 2. The first-order valence-corrected chi connectivity index (χ1v) is 5.81. The van der Waals surface area contributed by atoms with Crippen molar-refractivity contribution in [2.45, 2.75) is 26.4 Å². The van der Waals surface area contributed by atoms with Crippen molar-refractivity contribution in [3.05, 3.63) is 27.7 Å². The Balaban J connectivity index is 2.56. The molecule has 1 heterocycles. The van der Waals surface area contributed by atoms with Crippen molar-refractivity contribution >= 4 is 27.5 Å². The quantitative estimate of drug-likeness (QED) is 0.687. The highest BCUT2D eigenvalue weighted by Crippen LogP contribution is 2.30. The molecule has 1 aliphatic heterocycles. The van der Waals surface area contributed by atoms with Gasteiger partial charge in [0.2, 0.25) is 0 Å². The predicted octanol–water partition coefficient (Wildman–Crippen LogP) is 2.68. The number of carbonyl (C=O) groups excluding carboxylic acids is 2. The molecule has 0 saturated carbocycles. The molecular formula is C12H11BrO3. The first kappa shape index (κ1) is 11.3. The summed E-state index contributed by atoms with van der Waals surface area (Å²) in [7, 11) is 0. The Kier molecular flexibility index (Phi) is 2.84. The standard InChI is InChI=1S/C12H11BrO3/c1-6-3-12-8(4-9(6)13)11(15)5-10(14)7(2)16-12/h3-4,7H,5H2,1-2H3. The molecule has 1 unspecified atom stereocenters. The fourth-order valence-corrected chi connectivity index (χ4v) is 1.97. The first-order chi connectivity index (χ1) is 7.49. The highest BCUT2D eigenvalue weighted by molar-refractivity contribution is 9.10. The van der Waals surface area contributed by atoms with E-state index < -0.39 is 6.10 Å². The molecule has 0 fully saturated rings. The van der Waals surface area contributed by atoms with E-state index in [0.29, 0.717) is 11.3 Å². The van der Waals surface area contributed by atoms with Crippen LogP contribution in [-0.4, -0.2) is 17.7 Å². The molecular weight excluding hydrogens is 272 g/mol. The molecule has 1 atom stereocenters. The molecule has 0 spiro atoms. The largest absolute Gasteiger partial charge is 0.482 e. The zero-order chi connectivity index (χ0) is 11.9. The van der Waals surface area contributed by atoms with Crippen molar-refractivity contribution in [3.8, 4) is 5.75 Å². The normalized spacial score (nSPS) is 20.1. The third-order valence-corrected chi connectivity index (χ3v) is 3.51. The van der Waals surface area contributed by atoms with Crippen LogP contribution in [0.15, 0.2) is 16.6 Å². The summed E-state index contributed by atoms with van der Waals surface area (Å²) in [5.74, 6) is 0.157. The predicted molar refractivity (Wildman–Crippen MR) is 62.9 cm³/mol. The zero-order valence-corrected chi connectivity index (χ0v) is 10.6. The number of Topliss-reactive ketones (excluding diaryl/α,β-unsaturated/α-hetero) is 2. The Bertz CT molecular complexity index is 479. The van der Waals surface area contributed by atoms with Crippen LogP contribution in [0.4, 0.5) is 0 Å². The van der Waals surface area contributed by atoms with Gasteiger partial charge in [0, 0.05) is 4.47 Å². The van der Waals surface area contributed by atoms with Crippen molar-refractivity contribution in [1.29, 1.82) is 0 Å². The second kappa shape index (κ2) is 4.01. The number of rotatable bonds is 0. The second-order valence-electron chi connectivity index (χ2n) is 3.92. The van der Waals surface area contributed by atoms with Gasteiger partial charge in [0.25, 0.3) is 0 Å². The van der Waals surface area contributed by atoms with Gasteiger partial charge in [-0.25, -0.2) is 0 Å². The Morgan fingerprint density at radius 3 is 2.75 bits per heavy atom. The van der Waals surface area contributed by atoms with Crippen LogP contribution in [0.25, 0.3) is 0 Å². The van der Waals surface area contributed by atoms with Gasteiger partial charge in [0.1, 0.15) is 5.75 Å². The highest BCUT2D eigenvalue weighted by atomic mass is 79.9. The monoisotopic (exact) mass is 282 g/mol. The van der Waals surface area contributed by atoms with Crippen LogP contribution < -0.4 is 4.74 Å². The Labute approximate surface area is 102 Å². The number of aryl methyl sites for hydroxylation is 1. The molecule has 1 aliphatic rings. The third-order valence-electron chi connectivity index (χ3n) is 2.65. The first-order valence-electron chi connectivity index (χ1n) is 5.01. The summed E-state index contributed by atoms with van der Waals surface area (Å²) in [5, 5.41) is 0. The molecule has 4 heteroatoms. The van der Waals surface area contributed by atoms with E-state index in [9.17, 15) is 9.59 Å². The Morgan fingerprint density at radius 1 is 1.38 bits per heavy atom. The van der Waals surface area contributed by atoms with Crippen LogP contribution in [0.3, 0.4) is 0 Å². The molecule has 1 aromatic carbocycles. The molecule has 3 nitrogen and oxygen atoms in total. The maximum absolute atomic E-state index is 11.8. The molecule has 0 aliphatic carbocycles. The summed E-state index contributed by atoms with van der Waals surface area (Å²) >= 11 is 3.36. The molecule has 16 heavy (non-hydrogen) atoms. The van der Waals surface area contributed by atoms with Crippen LogP contribution in [0.2, 0.25) is 0 Å². The van der Waals surface area contributed by atoms with Crippen molar-refractivity contribution in [2.24, 2.45) is 0 Å². The lowest BCUT2D eigenvalue weighted by Gasteiger charge is -2.12. The minimum Gasteiger partial charge on any atom is -0.482 e. The summed E-state index contributed by atoms with van der Waals surface area (Å²) in [4.78, 5) is 23.3. The molecule has 0 N–H and O–H groups in total. The van der Waals surface area contributed by atoms with Crippen molar-refractivity contribution in [3.63, 3.8) is 0 Å². The van der Waals surface area contributed by atoms with E-state index in [-0.39, 0.29) is 18.0 Å². The third kappa shape index (κ3) is 1.89. The average Bonchev–Trinajstić information content (AvgIpc) is 2.30. The number of fused-ring (bicyclic) bond motifs is 1. The minimum absolute atomic E-state index is 0.0797. The SMILES string of the molecule is Cc1cc2c(cc1Br)C(=O)CC(=O)C(C)O2. The molecule has 84 valence electrons. The Morgan fingerprint density at radius 2 is 2.06 bits per heavy atom. The summed E-state index contributed by atoms with van der Waals surface area (Å²) in [6, 6.07) is 3.50. The lowest BCUT2D eigenvalue weighted by Crippen LogP contribution is -2.22. The number of halogens is 1. The van der Waals surface area contributed by atoms with Gasteiger partial charge in [-0.15, -0.1) is 0 Å². The maximum atomic E-state index is 11.8.